The van der Waals surface area contributed by atoms with Crippen molar-refractivity contribution in [2.45, 2.75) is 20.5 Å². The first-order valence-electron chi connectivity index (χ1n) is 12.2. The van der Waals surface area contributed by atoms with Crippen molar-refractivity contribution in [1.82, 2.24) is 10.2 Å². The molecule has 1 aliphatic rings. The van der Waals surface area contributed by atoms with Gasteiger partial charge in [-0.15, -0.1) is 0 Å². The van der Waals surface area contributed by atoms with Crippen LogP contribution in [-0.2, 0) is 16.2 Å². The van der Waals surface area contributed by atoms with Crippen LogP contribution in [0, 0.1) is 17.0 Å². The summed E-state index contributed by atoms with van der Waals surface area (Å²) < 4.78 is 12.2. The summed E-state index contributed by atoms with van der Waals surface area (Å²) in [7, 11) is 0. The first-order chi connectivity index (χ1) is 19.1. The number of aryl methyl sites for hydroxylation is 1. The number of amides is 4. The van der Waals surface area contributed by atoms with E-state index in [1.165, 1.54) is 18.2 Å². The molecule has 40 heavy (non-hydrogen) atoms. The van der Waals surface area contributed by atoms with Gasteiger partial charge in [0, 0.05) is 22.3 Å². The fraction of sp³-hybridized carbons (Fsp3) is 0.179. The number of imide groups is 1. The molecule has 3 aromatic rings. The molecule has 206 valence electrons. The van der Waals surface area contributed by atoms with Crippen LogP contribution in [0.5, 0.6) is 11.5 Å². The number of halogens is 1. The van der Waals surface area contributed by atoms with E-state index < -0.39 is 29.3 Å². The molecule has 1 aliphatic heterocycles. The van der Waals surface area contributed by atoms with E-state index in [4.69, 9.17) is 9.47 Å². The third-order valence-corrected chi connectivity index (χ3v) is 6.46. The number of nitro benzene ring substituents is 1. The summed E-state index contributed by atoms with van der Waals surface area (Å²) in [6, 6.07) is 15.8. The van der Waals surface area contributed by atoms with E-state index >= 15 is 0 Å². The van der Waals surface area contributed by atoms with E-state index in [1.807, 2.05) is 13.0 Å². The highest BCUT2D eigenvalue weighted by Gasteiger charge is 2.35. The predicted octanol–water partition coefficient (Wildman–Crippen LogP) is 5.17. The molecule has 0 radical (unpaired) electrons. The predicted molar refractivity (Wildman–Crippen MR) is 151 cm³/mol. The summed E-state index contributed by atoms with van der Waals surface area (Å²) in [4.78, 5) is 49.2. The second-order valence-electron chi connectivity index (χ2n) is 8.76. The van der Waals surface area contributed by atoms with Crippen LogP contribution in [0.2, 0.25) is 0 Å². The van der Waals surface area contributed by atoms with Gasteiger partial charge in [-0.05, 0) is 73.0 Å². The number of anilines is 1. The molecule has 1 heterocycles. The Morgan fingerprint density at radius 1 is 1.10 bits per heavy atom. The highest BCUT2D eigenvalue weighted by molar-refractivity contribution is 9.10. The Kier molecular flexibility index (Phi) is 8.80. The lowest BCUT2D eigenvalue weighted by Gasteiger charge is -2.14. The number of benzene rings is 3. The van der Waals surface area contributed by atoms with E-state index in [-0.39, 0.29) is 18.0 Å². The Hall–Kier alpha value is -4.71. The average Bonchev–Trinajstić information content (AvgIpc) is 3.17. The Morgan fingerprint density at radius 3 is 2.50 bits per heavy atom. The smallest absolute Gasteiger partial charge is 0.329 e. The maximum absolute atomic E-state index is 13.0. The normalized spacial score (nSPS) is 13.8. The van der Waals surface area contributed by atoms with Crippen molar-refractivity contribution in [3.63, 3.8) is 0 Å². The van der Waals surface area contributed by atoms with Gasteiger partial charge in [0.1, 0.15) is 18.8 Å². The second-order valence-corrected chi connectivity index (χ2v) is 9.62. The van der Waals surface area contributed by atoms with Crippen LogP contribution < -0.4 is 20.1 Å². The molecule has 0 saturated carbocycles. The van der Waals surface area contributed by atoms with Crippen molar-refractivity contribution >= 4 is 51.2 Å². The molecule has 0 unspecified atom stereocenters. The number of nitrogens with one attached hydrogen (secondary N) is 2. The van der Waals surface area contributed by atoms with Crippen molar-refractivity contribution < 1.29 is 28.8 Å². The summed E-state index contributed by atoms with van der Waals surface area (Å²) >= 11 is 3.47. The topological polar surface area (TPSA) is 140 Å². The molecule has 0 spiro atoms. The van der Waals surface area contributed by atoms with Crippen LogP contribution in [-0.4, -0.2) is 40.8 Å². The van der Waals surface area contributed by atoms with Crippen LogP contribution in [0.3, 0.4) is 0 Å². The standard InChI is InChI=1S/C28H25BrN4O7/c1-3-39-24-13-19(22(29)14-25(24)40-16-18-7-9-21(10-8-18)33(37)38)12-23-27(35)32(28(36)31-23)15-26(34)30-20-6-4-5-17(2)11-20/h4-14H,3,15-16H2,1-2H3,(H,30,34)(H,31,36)/b23-12+. The van der Waals surface area contributed by atoms with Crippen molar-refractivity contribution in [2.75, 3.05) is 18.5 Å². The second kappa shape index (κ2) is 12.4. The lowest BCUT2D eigenvalue weighted by Crippen LogP contribution is -2.38. The molecule has 0 atom stereocenters. The van der Waals surface area contributed by atoms with Crippen LogP contribution in [0.15, 0.2) is 70.8 Å². The van der Waals surface area contributed by atoms with E-state index in [0.717, 1.165) is 16.0 Å². The lowest BCUT2D eigenvalue weighted by atomic mass is 10.1. The Bertz CT molecular complexity index is 1500. The minimum atomic E-state index is -0.708. The van der Waals surface area contributed by atoms with Crippen LogP contribution in [0.4, 0.5) is 16.2 Å². The monoisotopic (exact) mass is 608 g/mol. The molecule has 11 nitrogen and oxygen atoms in total. The number of nitro groups is 1. The zero-order chi connectivity index (χ0) is 28.8. The van der Waals surface area contributed by atoms with Crippen LogP contribution >= 0.6 is 15.9 Å². The molecule has 2 N–H and O–H groups in total. The molecule has 0 aliphatic carbocycles. The maximum atomic E-state index is 13.0. The van der Waals surface area contributed by atoms with Crippen molar-refractivity contribution in [1.29, 1.82) is 0 Å². The molecule has 4 rings (SSSR count). The van der Waals surface area contributed by atoms with Crippen molar-refractivity contribution in [2.24, 2.45) is 0 Å². The highest BCUT2D eigenvalue weighted by atomic mass is 79.9. The minimum Gasteiger partial charge on any atom is -0.490 e. The molecule has 0 aromatic heterocycles. The molecule has 4 amide bonds. The number of hydrogen-bond acceptors (Lipinski definition) is 7. The first-order valence-corrected chi connectivity index (χ1v) is 13.0. The molecular weight excluding hydrogens is 584 g/mol. The summed E-state index contributed by atoms with van der Waals surface area (Å²) in [6.07, 6.45) is 1.48. The molecule has 3 aromatic carbocycles. The van der Waals surface area contributed by atoms with Crippen LogP contribution in [0.1, 0.15) is 23.6 Å². The van der Waals surface area contributed by atoms with Crippen molar-refractivity contribution in [3.8, 4) is 11.5 Å². The molecule has 1 saturated heterocycles. The number of nitrogens with zero attached hydrogens (tertiary/aromatic N) is 2. The number of rotatable bonds is 10. The van der Waals surface area contributed by atoms with E-state index in [1.54, 1.807) is 49.4 Å². The summed E-state index contributed by atoms with van der Waals surface area (Å²) in [6.45, 7) is 3.72. The molecule has 0 bridgehead atoms. The number of hydrogen-bond donors (Lipinski definition) is 2. The minimum absolute atomic E-state index is 0.00366. The van der Waals surface area contributed by atoms with Crippen molar-refractivity contribution in [3.05, 3.63) is 97.6 Å². The van der Waals surface area contributed by atoms with Gasteiger partial charge in [-0.25, -0.2) is 9.69 Å². The van der Waals surface area contributed by atoms with Gasteiger partial charge in [-0.1, -0.05) is 28.1 Å². The number of carbonyl (C=O) groups is 3. The first kappa shape index (κ1) is 28.3. The fourth-order valence-electron chi connectivity index (χ4n) is 3.86. The third kappa shape index (κ3) is 6.83. The number of carbonyl (C=O) groups excluding carboxylic acids is 3. The van der Waals surface area contributed by atoms with Crippen LogP contribution in [0.25, 0.3) is 6.08 Å². The molecular formula is C28H25BrN4O7. The Labute approximate surface area is 238 Å². The Morgan fingerprint density at radius 2 is 1.82 bits per heavy atom. The zero-order valence-electron chi connectivity index (χ0n) is 21.6. The molecule has 12 heteroatoms. The van der Waals surface area contributed by atoms with Gasteiger partial charge in [-0.2, -0.15) is 0 Å². The maximum Gasteiger partial charge on any atom is 0.329 e. The van der Waals surface area contributed by atoms with Gasteiger partial charge >= 0.3 is 6.03 Å². The van der Waals surface area contributed by atoms with Gasteiger partial charge in [0.2, 0.25) is 5.91 Å². The lowest BCUT2D eigenvalue weighted by molar-refractivity contribution is -0.384. The van der Waals surface area contributed by atoms with Gasteiger partial charge in [0.05, 0.1) is 11.5 Å². The summed E-state index contributed by atoms with van der Waals surface area (Å²) in [5.74, 6) is -0.353. The van der Waals surface area contributed by atoms with Gasteiger partial charge in [0.25, 0.3) is 11.6 Å². The van der Waals surface area contributed by atoms with E-state index in [2.05, 4.69) is 26.6 Å². The van der Waals surface area contributed by atoms with E-state index in [9.17, 15) is 24.5 Å². The largest absolute Gasteiger partial charge is 0.490 e. The number of non-ortho nitro benzene ring substituents is 1. The highest BCUT2D eigenvalue weighted by Crippen LogP contribution is 2.36. The quantitative estimate of drug-likeness (QED) is 0.140. The number of ether oxygens (including phenoxy) is 2. The number of urea groups is 1. The SMILES string of the molecule is CCOc1cc(/C=C2/NC(=O)N(CC(=O)Nc3cccc(C)c3)C2=O)c(Br)cc1OCc1ccc([N+](=O)[O-])cc1. The molecule has 1 fully saturated rings. The van der Waals surface area contributed by atoms with Gasteiger partial charge < -0.3 is 20.1 Å². The Balaban J connectivity index is 1.48. The fourth-order valence-corrected chi connectivity index (χ4v) is 4.29. The average molecular weight is 609 g/mol. The summed E-state index contributed by atoms with van der Waals surface area (Å²) in [5, 5.41) is 16.1. The third-order valence-electron chi connectivity index (χ3n) is 5.77. The van der Waals surface area contributed by atoms with Gasteiger partial charge in [-0.3, -0.25) is 19.7 Å². The van der Waals surface area contributed by atoms with E-state index in [0.29, 0.717) is 33.8 Å². The zero-order valence-corrected chi connectivity index (χ0v) is 23.2. The summed E-state index contributed by atoms with van der Waals surface area (Å²) in [5.41, 5.74) is 2.75. The van der Waals surface area contributed by atoms with Gasteiger partial charge in [0.15, 0.2) is 11.5 Å².